The molecule has 1 heterocycles. The van der Waals surface area contributed by atoms with Gasteiger partial charge in [0.25, 0.3) is 0 Å². The molecule has 12 rings (SSSR count). The highest BCUT2D eigenvalue weighted by atomic mass is 32.1. The molecule has 0 bridgehead atoms. The third-order valence-electron chi connectivity index (χ3n) is 13.1. The molecule has 63 heavy (non-hydrogen) atoms. The van der Waals surface area contributed by atoms with Gasteiger partial charge in [-0.15, -0.1) is 11.3 Å². The molecule has 0 aliphatic heterocycles. The normalized spacial score (nSPS) is 14.6. The first kappa shape index (κ1) is 37.2. The fraction of sp³-hybridized carbons (Fsp3) is 0.0323. The number of allylic oxidation sites excluding steroid dienone is 4. The van der Waals surface area contributed by atoms with Crippen LogP contribution in [0, 0.1) is 5.92 Å². The van der Waals surface area contributed by atoms with Gasteiger partial charge in [-0.3, -0.25) is 0 Å². The molecule has 1 aromatic heterocycles. The summed E-state index contributed by atoms with van der Waals surface area (Å²) in [6, 6.07) is 82.9. The van der Waals surface area contributed by atoms with Crippen LogP contribution in [0.4, 0.5) is 0 Å². The maximum atomic E-state index is 2.43. The van der Waals surface area contributed by atoms with Crippen molar-refractivity contribution in [1.82, 2.24) is 0 Å². The number of fused-ring (bicyclic) bond motifs is 4. The van der Waals surface area contributed by atoms with Crippen LogP contribution in [0.1, 0.15) is 23.1 Å². The van der Waals surface area contributed by atoms with Gasteiger partial charge in [-0.25, -0.2) is 0 Å². The molecule has 0 spiro atoms. The summed E-state index contributed by atoms with van der Waals surface area (Å²) in [6.45, 7) is 0. The second kappa shape index (κ2) is 15.7. The zero-order valence-corrected chi connectivity index (χ0v) is 35.5. The van der Waals surface area contributed by atoms with Crippen molar-refractivity contribution >= 4 is 49.6 Å². The smallest absolute Gasteiger partial charge is 0.0349 e. The molecular weight excluding hydrogens is 777 g/mol. The van der Waals surface area contributed by atoms with Crippen LogP contribution in [0.25, 0.3) is 81.4 Å². The van der Waals surface area contributed by atoms with Crippen molar-refractivity contribution in [3.63, 3.8) is 0 Å². The largest absolute Gasteiger partial charge is 0.135 e. The van der Waals surface area contributed by atoms with E-state index < -0.39 is 0 Å². The van der Waals surface area contributed by atoms with Gasteiger partial charge in [0, 0.05) is 15.7 Å². The van der Waals surface area contributed by atoms with Crippen LogP contribution >= 0.6 is 11.3 Å². The maximum absolute atomic E-state index is 2.43. The monoisotopic (exact) mass is 818 g/mol. The van der Waals surface area contributed by atoms with Gasteiger partial charge in [-0.2, -0.15) is 0 Å². The van der Waals surface area contributed by atoms with Crippen LogP contribution in [0.2, 0.25) is 0 Å². The lowest BCUT2D eigenvalue weighted by molar-refractivity contribution is 0.810. The molecule has 0 fully saturated rings. The van der Waals surface area contributed by atoms with Gasteiger partial charge < -0.3 is 0 Å². The van der Waals surface area contributed by atoms with Gasteiger partial charge in [0.1, 0.15) is 0 Å². The topological polar surface area (TPSA) is 0 Å². The van der Waals surface area contributed by atoms with E-state index in [1.54, 1.807) is 0 Å². The first-order valence-electron chi connectivity index (χ1n) is 21.9. The highest BCUT2D eigenvalue weighted by molar-refractivity contribution is 7.18. The molecule has 0 amide bonds. The van der Waals surface area contributed by atoms with Crippen molar-refractivity contribution < 1.29 is 0 Å². The molecule has 2 aliphatic carbocycles. The highest BCUT2D eigenvalue weighted by Gasteiger charge is 2.32. The number of rotatable bonds is 7. The van der Waals surface area contributed by atoms with E-state index in [9.17, 15) is 0 Å². The van der Waals surface area contributed by atoms with Crippen molar-refractivity contribution in [3.05, 3.63) is 269 Å². The lowest BCUT2D eigenvalue weighted by Gasteiger charge is -2.33. The Kier molecular flexibility index (Phi) is 9.28. The average molecular weight is 819 g/mol. The fourth-order valence-electron chi connectivity index (χ4n) is 9.92. The van der Waals surface area contributed by atoms with Crippen LogP contribution in [0.3, 0.4) is 0 Å². The first-order valence-corrected chi connectivity index (χ1v) is 22.7. The van der Waals surface area contributed by atoms with Crippen molar-refractivity contribution in [2.75, 3.05) is 0 Å². The Bertz CT molecular complexity index is 3560. The zero-order valence-electron chi connectivity index (χ0n) is 34.7. The number of hydrogen-bond donors (Lipinski definition) is 0. The lowest BCUT2D eigenvalue weighted by atomic mass is 9.70. The molecule has 296 valence electrons. The third kappa shape index (κ3) is 6.88. The Hall–Kier alpha value is -7.58. The molecule has 0 N–H and O–H groups in total. The van der Waals surface area contributed by atoms with Crippen LogP contribution in [0.15, 0.2) is 242 Å². The van der Waals surface area contributed by atoms with Gasteiger partial charge in [0.05, 0.1) is 0 Å². The maximum Gasteiger partial charge on any atom is 0.0349 e. The molecule has 0 saturated carbocycles. The van der Waals surface area contributed by atoms with E-state index in [0.717, 1.165) is 6.42 Å². The van der Waals surface area contributed by atoms with Crippen molar-refractivity contribution in [3.8, 4) is 43.1 Å². The predicted octanol–water partition coefficient (Wildman–Crippen LogP) is 15.2. The van der Waals surface area contributed by atoms with E-state index in [1.165, 1.54) is 114 Å². The summed E-state index contributed by atoms with van der Waals surface area (Å²) in [6.07, 6.45) is 5.73. The molecule has 0 saturated heterocycles. The van der Waals surface area contributed by atoms with E-state index in [2.05, 4.69) is 237 Å². The van der Waals surface area contributed by atoms with Crippen LogP contribution < -0.4 is 10.4 Å². The van der Waals surface area contributed by atoms with Gasteiger partial charge in [-0.05, 0) is 141 Å². The Labute approximate surface area is 372 Å². The SMILES string of the molecule is C1=C(c2cccc(-c3ccc(-c4ccccc4)s3)c2)CC2C(=C1)C(c1ccc(-c3ccc4ccccc4c3)cc1)=c1ccccc1=C2c1ccc(-c2ccc3ccccc3c2)cc1. The van der Waals surface area contributed by atoms with Gasteiger partial charge in [-0.1, -0.05) is 206 Å². The Balaban J connectivity index is 0.977. The lowest BCUT2D eigenvalue weighted by Crippen LogP contribution is -2.38. The number of benzene rings is 9. The second-order valence-corrected chi connectivity index (χ2v) is 17.9. The molecule has 2 aliphatic rings. The quantitative estimate of drug-likeness (QED) is 0.150. The Morgan fingerprint density at radius 2 is 0.825 bits per heavy atom. The minimum Gasteiger partial charge on any atom is -0.135 e. The van der Waals surface area contributed by atoms with E-state index >= 15 is 0 Å². The Morgan fingerprint density at radius 1 is 0.317 bits per heavy atom. The Morgan fingerprint density at radius 3 is 1.49 bits per heavy atom. The van der Waals surface area contributed by atoms with Gasteiger partial charge >= 0.3 is 0 Å². The third-order valence-corrected chi connectivity index (χ3v) is 14.3. The highest BCUT2D eigenvalue weighted by Crippen LogP contribution is 2.45. The van der Waals surface area contributed by atoms with E-state index in [-0.39, 0.29) is 5.92 Å². The molecular formula is C62H42S. The molecule has 10 aromatic rings. The van der Waals surface area contributed by atoms with E-state index in [0.29, 0.717) is 0 Å². The van der Waals surface area contributed by atoms with Crippen molar-refractivity contribution in [2.24, 2.45) is 5.92 Å². The molecule has 1 unspecified atom stereocenters. The average Bonchev–Trinajstić information content (AvgIpc) is 3.87. The fourth-order valence-corrected chi connectivity index (χ4v) is 10.9. The van der Waals surface area contributed by atoms with E-state index in [4.69, 9.17) is 0 Å². The minimum atomic E-state index is 0.164. The van der Waals surface area contributed by atoms with Crippen molar-refractivity contribution in [2.45, 2.75) is 6.42 Å². The van der Waals surface area contributed by atoms with Gasteiger partial charge in [0.2, 0.25) is 0 Å². The molecule has 0 radical (unpaired) electrons. The molecule has 9 aromatic carbocycles. The van der Waals surface area contributed by atoms with Crippen LogP contribution in [0.5, 0.6) is 0 Å². The van der Waals surface area contributed by atoms with Crippen LogP contribution in [-0.4, -0.2) is 0 Å². The number of hydrogen-bond acceptors (Lipinski definition) is 1. The van der Waals surface area contributed by atoms with E-state index in [1.807, 2.05) is 11.3 Å². The molecule has 0 nitrogen and oxygen atoms in total. The standard InChI is InChI=1S/C62H42S/c1-2-13-45(14-3-1)59-35-36-60(63-59)54-18-10-17-50(39-54)53-33-34-57-58(40-53)62(47-29-23-44(24-30-47)52-32-26-42-12-5-7-16-49(42)38-52)56-20-9-8-19-55(56)61(57)46-27-21-43(22-28-46)51-31-25-41-11-4-6-15-48(41)37-51/h1-39,58H,40H2. The van der Waals surface area contributed by atoms with Crippen molar-refractivity contribution in [1.29, 1.82) is 0 Å². The summed E-state index contributed by atoms with van der Waals surface area (Å²) < 4.78 is 0. The predicted molar refractivity (Wildman–Crippen MR) is 269 cm³/mol. The summed E-state index contributed by atoms with van der Waals surface area (Å²) in [5, 5.41) is 7.66. The van der Waals surface area contributed by atoms with Crippen LogP contribution in [-0.2, 0) is 0 Å². The molecule has 1 atom stereocenters. The summed E-state index contributed by atoms with van der Waals surface area (Å²) in [5.41, 5.74) is 16.7. The first-order chi connectivity index (χ1) is 31.2. The second-order valence-electron chi connectivity index (χ2n) is 16.8. The van der Waals surface area contributed by atoms with Gasteiger partial charge in [0.15, 0.2) is 0 Å². The molecule has 1 heteroatoms. The minimum absolute atomic E-state index is 0.164. The summed E-state index contributed by atoms with van der Waals surface area (Å²) in [4.78, 5) is 2.58. The summed E-state index contributed by atoms with van der Waals surface area (Å²) in [5.74, 6) is 0.164. The zero-order chi connectivity index (χ0) is 41.7. The summed E-state index contributed by atoms with van der Waals surface area (Å²) >= 11 is 1.86. The summed E-state index contributed by atoms with van der Waals surface area (Å²) in [7, 11) is 0. The number of thiophene rings is 1.